The Morgan fingerprint density at radius 2 is 2.07 bits per heavy atom. The lowest BCUT2D eigenvalue weighted by Gasteiger charge is -1.96. The third-order valence-electron chi connectivity index (χ3n) is 2.07. The van der Waals surface area contributed by atoms with Crippen molar-refractivity contribution >= 4 is 5.97 Å². The van der Waals surface area contributed by atoms with Crippen molar-refractivity contribution in [3.63, 3.8) is 0 Å². The molecule has 0 spiro atoms. The predicted octanol–water partition coefficient (Wildman–Crippen LogP) is 2.52. The van der Waals surface area contributed by atoms with E-state index in [9.17, 15) is 9.18 Å². The van der Waals surface area contributed by atoms with Crippen molar-refractivity contribution in [1.82, 2.24) is 4.98 Å². The minimum atomic E-state index is -1.03. The van der Waals surface area contributed by atoms with Crippen LogP contribution in [0.2, 0.25) is 0 Å². The minimum Gasteiger partial charge on any atom is -0.477 e. The molecule has 0 radical (unpaired) electrons. The van der Waals surface area contributed by atoms with Gasteiger partial charge in [0.2, 0.25) is 0 Å². The fourth-order valence-electron chi connectivity index (χ4n) is 1.35. The third-order valence-corrected chi connectivity index (χ3v) is 2.07. The SMILES string of the molecule is O=C(O)c1cc(-c2cccc(F)c2)c[nH]1. The van der Waals surface area contributed by atoms with Gasteiger partial charge in [-0.1, -0.05) is 12.1 Å². The van der Waals surface area contributed by atoms with Crippen molar-refractivity contribution in [2.24, 2.45) is 0 Å². The lowest BCUT2D eigenvalue weighted by molar-refractivity contribution is 0.0691. The van der Waals surface area contributed by atoms with Crippen LogP contribution in [-0.4, -0.2) is 16.1 Å². The average molecular weight is 205 g/mol. The zero-order chi connectivity index (χ0) is 10.8. The van der Waals surface area contributed by atoms with E-state index in [1.807, 2.05) is 0 Å². The molecule has 1 heterocycles. The molecular weight excluding hydrogens is 197 g/mol. The number of carboxylic acid groups (broad SMARTS) is 1. The van der Waals surface area contributed by atoms with Crippen molar-refractivity contribution in [2.75, 3.05) is 0 Å². The van der Waals surface area contributed by atoms with Gasteiger partial charge in [-0.3, -0.25) is 0 Å². The molecule has 2 rings (SSSR count). The summed E-state index contributed by atoms with van der Waals surface area (Å²) in [5, 5.41) is 8.69. The maximum Gasteiger partial charge on any atom is 0.352 e. The molecule has 0 bridgehead atoms. The van der Waals surface area contributed by atoms with Crippen LogP contribution >= 0.6 is 0 Å². The molecule has 4 heteroatoms. The van der Waals surface area contributed by atoms with Gasteiger partial charge in [0.25, 0.3) is 0 Å². The number of aromatic nitrogens is 1. The minimum absolute atomic E-state index is 0.0919. The number of carbonyl (C=O) groups is 1. The van der Waals surface area contributed by atoms with Crippen LogP contribution in [0.4, 0.5) is 4.39 Å². The molecule has 1 aromatic heterocycles. The maximum atomic E-state index is 12.9. The average Bonchev–Trinajstić information content (AvgIpc) is 2.66. The van der Waals surface area contributed by atoms with Gasteiger partial charge in [0.15, 0.2) is 0 Å². The monoisotopic (exact) mass is 205 g/mol. The van der Waals surface area contributed by atoms with Crippen molar-refractivity contribution in [1.29, 1.82) is 0 Å². The van der Waals surface area contributed by atoms with Crippen LogP contribution in [0.1, 0.15) is 10.5 Å². The summed E-state index contributed by atoms with van der Waals surface area (Å²) < 4.78 is 12.9. The van der Waals surface area contributed by atoms with Gasteiger partial charge in [-0.05, 0) is 23.8 Å². The van der Waals surface area contributed by atoms with E-state index in [1.54, 1.807) is 12.1 Å². The molecule has 3 nitrogen and oxygen atoms in total. The fraction of sp³-hybridized carbons (Fsp3) is 0. The molecular formula is C11H8FNO2. The number of hydrogen-bond donors (Lipinski definition) is 2. The predicted molar refractivity (Wildman–Crippen MR) is 53.1 cm³/mol. The smallest absolute Gasteiger partial charge is 0.352 e. The van der Waals surface area contributed by atoms with E-state index in [4.69, 9.17) is 5.11 Å². The molecule has 0 aliphatic heterocycles. The van der Waals surface area contributed by atoms with Crippen LogP contribution in [0.25, 0.3) is 11.1 Å². The summed E-state index contributed by atoms with van der Waals surface area (Å²) in [6.07, 6.45) is 1.54. The van der Waals surface area contributed by atoms with Gasteiger partial charge in [-0.2, -0.15) is 0 Å². The normalized spacial score (nSPS) is 10.2. The molecule has 1 aromatic carbocycles. The summed E-state index contributed by atoms with van der Waals surface area (Å²) in [6, 6.07) is 7.47. The third kappa shape index (κ3) is 1.88. The lowest BCUT2D eigenvalue weighted by atomic mass is 10.1. The van der Waals surface area contributed by atoms with Gasteiger partial charge in [0, 0.05) is 11.8 Å². The Morgan fingerprint density at radius 1 is 1.27 bits per heavy atom. The summed E-state index contributed by atoms with van der Waals surface area (Å²) in [5.74, 6) is -1.37. The Labute approximate surface area is 85.2 Å². The Balaban J connectivity index is 2.41. The first-order valence-corrected chi connectivity index (χ1v) is 4.34. The van der Waals surface area contributed by atoms with E-state index < -0.39 is 5.97 Å². The van der Waals surface area contributed by atoms with E-state index in [1.165, 1.54) is 24.4 Å². The van der Waals surface area contributed by atoms with Crippen LogP contribution in [0.5, 0.6) is 0 Å². The van der Waals surface area contributed by atoms with Crippen molar-refractivity contribution in [2.45, 2.75) is 0 Å². The van der Waals surface area contributed by atoms with E-state index in [0.717, 1.165) is 0 Å². The van der Waals surface area contributed by atoms with Crippen LogP contribution in [0, 0.1) is 5.82 Å². The molecule has 0 amide bonds. The molecule has 0 unspecified atom stereocenters. The number of benzene rings is 1. The molecule has 2 aromatic rings. The number of hydrogen-bond acceptors (Lipinski definition) is 1. The maximum absolute atomic E-state index is 12.9. The Hall–Kier alpha value is -2.10. The van der Waals surface area contributed by atoms with Gasteiger partial charge in [0.05, 0.1) is 0 Å². The molecule has 0 aliphatic carbocycles. The fourth-order valence-corrected chi connectivity index (χ4v) is 1.35. The quantitative estimate of drug-likeness (QED) is 0.791. The van der Waals surface area contributed by atoms with E-state index in [0.29, 0.717) is 11.1 Å². The number of carboxylic acids is 1. The second-order valence-corrected chi connectivity index (χ2v) is 3.12. The van der Waals surface area contributed by atoms with Crippen LogP contribution in [0.15, 0.2) is 36.5 Å². The van der Waals surface area contributed by atoms with Gasteiger partial charge in [0.1, 0.15) is 11.5 Å². The number of halogens is 1. The lowest BCUT2D eigenvalue weighted by Crippen LogP contribution is -1.94. The van der Waals surface area contributed by atoms with Gasteiger partial charge < -0.3 is 10.1 Å². The van der Waals surface area contributed by atoms with Gasteiger partial charge in [-0.15, -0.1) is 0 Å². The summed E-state index contributed by atoms with van der Waals surface area (Å²) in [4.78, 5) is 13.2. The number of aromatic amines is 1. The van der Waals surface area contributed by atoms with Crippen molar-refractivity contribution in [3.8, 4) is 11.1 Å². The number of H-pyrrole nitrogens is 1. The molecule has 0 aliphatic rings. The van der Waals surface area contributed by atoms with Gasteiger partial charge in [-0.25, -0.2) is 9.18 Å². The molecule has 76 valence electrons. The molecule has 0 fully saturated rings. The Bertz CT molecular complexity index is 505. The Morgan fingerprint density at radius 3 is 2.67 bits per heavy atom. The molecule has 0 saturated carbocycles. The zero-order valence-electron chi connectivity index (χ0n) is 7.70. The van der Waals surface area contributed by atoms with E-state index >= 15 is 0 Å². The standard InChI is InChI=1S/C11H8FNO2/c12-9-3-1-2-7(4-9)8-5-10(11(14)15)13-6-8/h1-6,13H,(H,14,15). The molecule has 15 heavy (non-hydrogen) atoms. The number of nitrogens with one attached hydrogen (secondary N) is 1. The van der Waals surface area contributed by atoms with Crippen LogP contribution in [0.3, 0.4) is 0 Å². The Kier molecular flexibility index (Phi) is 2.25. The number of rotatable bonds is 2. The first-order chi connectivity index (χ1) is 7.16. The highest BCUT2D eigenvalue weighted by atomic mass is 19.1. The van der Waals surface area contributed by atoms with Crippen molar-refractivity contribution in [3.05, 3.63) is 48.0 Å². The molecule has 2 N–H and O–H groups in total. The topological polar surface area (TPSA) is 53.1 Å². The summed E-state index contributed by atoms with van der Waals surface area (Å²) in [7, 11) is 0. The second-order valence-electron chi connectivity index (χ2n) is 3.12. The first-order valence-electron chi connectivity index (χ1n) is 4.34. The van der Waals surface area contributed by atoms with Crippen LogP contribution in [-0.2, 0) is 0 Å². The summed E-state index contributed by atoms with van der Waals surface area (Å²) in [6.45, 7) is 0. The number of aromatic carboxylic acids is 1. The molecule has 0 saturated heterocycles. The molecule has 0 atom stereocenters. The summed E-state index contributed by atoms with van der Waals surface area (Å²) >= 11 is 0. The van der Waals surface area contributed by atoms with Crippen molar-refractivity contribution < 1.29 is 14.3 Å². The highest BCUT2D eigenvalue weighted by molar-refractivity contribution is 5.87. The summed E-state index contributed by atoms with van der Waals surface area (Å²) in [5.41, 5.74) is 1.40. The highest BCUT2D eigenvalue weighted by Crippen LogP contribution is 2.20. The van der Waals surface area contributed by atoms with E-state index in [-0.39, 0.29) is 11.5 Å². The van der Waals surface area contributed by atoms with E-state index in [2.05, 4.69) is 4.98 Å². The largest absolute Gasteiger partial charge is 0.477 e. The van der Waals surface area contributed by atoms with Crippen LogP contribution < -0.4 is 0 Å². The highest BCUT2D eigenvalue weighted by Gasteiger charge is 2.07. The second kappa shape index (κ2) is 3.57. The first kappa shape index (κ1) is 9.45. The zero-order valence-corrected chi connectivity index (χ0v) is 7.70. The van der Waals surface area contributed by atoms with Gasteiger partial charge >= 0.3 is 5.97 Å².